The molecule has 2 aliphatic rings. The van der Waals surface area contributed by atoms with Crippen LogP contribution < -0.4 is 19.6 Å². The largest absolute Gasteiger partial charge is 0.497 e. The molecule has 7 rings (SSSR count). The van der Waals surface area contributed by atoms with Crippen LogP contribution in [-0.4, -0.2) is 16.7 Å². The Morgan fingerprint density at radius 1 is 1.05 bits per heavy atom. The van der Waals surface area contributed by atoms with Crippen molar-refractivity contribution in [2.45, 2.75) is 25.8 Å². The summed E-state index contributed by atoms with van der Waals surface area (Å²) < 4.78 is 8.13. The van der Waals surface area contributed by atoms with E-state index in [9.17, 15) is 4.79 Å². The van der Waals surface area contributed by atoms with Crippen LogP contribution in [0.2, 0.25) is 0 Å². The second-order valence-corrected chi connectivity index (χ2v) is 10.6. The molecule has 5 nitrogen and oxygen atoms in total. The molecular weight excluding hydrogens is 478 g/mol. The number of aryl methyl sites for hydroxylation is 2. The Bertz CT molecular complexity index is 1920. The second-order valence-electron chi connectivity index (χ2n) is 9.60. The maximum absolute atomic E-state index is 14.1. The lowest BCUT2D eigenvalue weighted by molar-refractivity contribution is 0.413. The van der Waals surface area contributed by atoms with E-state index in [0.29, 0.717) is 4.53 Å². The summed E-state index contributed by atoms with van der Waals surface area (Å²) in [4.78, 5) is 23.4. The molecule has 0 fully saturated rings. The lowest BCUT2D eigenvalue weighted by atomic mass is 9.83. The van der Waals surface area contributed by atoms with Crippen LogP contribution in [0.1, 0.15) is 40.4 Å². The highest BCUT2D eigenvalue weighted by atomic mass is 32.1. The van der Waals surface area contributed by atoms with E-state index >= 15 is 0 Å². The third kappa shape index (κ3) is 3.44. The summed E-state index contributed by atoms with van der Waals surface area (Å²) in [5.74, 6) is 0.782. The monoisotopic (exact) mass is 503 g/mol. The maximum atomic E-state index is 14.1. The number of ether oxygens (including phenoxy) is 1. The summed E-state index contributed by atoms with van der Waals surface area (Å²) in [6.07, 6.45) is 3.82. The molecule has 1 atom stereocenters. The minimum atomic E-state index is -0.221. The highest BCUT2D eigenvalue weighted by molar-refractivity contribution is 7.07. The van der Waals surface area contributed by atoms with Gasteiger partial charge in [0.15, 0.2) is 4.80 Å². The Morgan fingerprint density at radius 3 is 2.78 bits per heavy atom. The van der Waals surface area contributed by atoms with Crippen molar-refractivity contribution in [3.8, 4) is 5.75 Å². The number of aromatic amines is 1. The fraction of sp³-hybridized carbons (Fsp3) is 0.161. The number of nitrogens with one attached hydrogen (secondary N) is 1. The Hall–Kier alpha value is -4.16. The minimum absolute atomic E-state index is 0.00772. The van der Waals surface area contributed by atoms with Crippen LogP contribution in [-0.2, 0) is 6.42 Å². The first kappa shape index (κ1) is 22.1. The molecular formula is C31H25N3O2S. The van der Waals surface area contributed by atoms with Crippen LogP contribution >= 0.6 is 11.3 Å². The first-order chi connectivity index (χ1) is 18.1. The average Bonchev–Trinajstić information content (AvgIpc) is 3.42. The van der Waals surface area contributed by atoms with Crippen LogP contribution in [0.4, 0.5) is 0 Å². The van der Waals surface area contributed by atoms with Gasteiger partial charge in [0, 0.05) is 27.7 Å². The van der Waals surface area contributed by atoms with Gasteiger partial charge >= 0.3 is 0 Å². The number of methoxy groups -OCH3 is 1. The number of hydrogen-bond acceptors (Lipinski definition) is 4. The Kier molecular flexibility index (Phi) is 5.04. The van der Waals surface area contributed by atoms with Gasteiger partial charge in [0.1, 0.15) is 5.75 Å². The van der Waals surface area contributed by atoms with Crippen LogP contribution in [0, 0.1) is 6.92 Å². The van der Waals surface area contributed by atoms with Crippen molar-refractivity contribution in [3.05, 3.63) is 126 Å². The predicted octanol–water partition coefficient (Wildman–Crippen LogP) is 5.12. The smallest absolute Gasteiger partial charge is 0.271 e. The number of para-hydroxylation sites is 1. The van der Waals surface area contributed by atoms with Gasteiger partial charge in [0.2, 0.25) is 0 Å². The van der Waals surface area contributed by atoms with Crippen molar-refractivity contribution in [1.82, 2.24) is 9.55 Å². The number of thiazole rings is 1. The molecule has 0 spiro atoms. The molecule has 5 aromatic rings. The SMILES string of the molecule is COc1cccc([C@@H]2C3=C(N=c4s/c(=C/c5c(C)[nH]c6ccccc56)c(=O)n42)c2ccccc2CC3)c1. The number of H-pyrrole nitrogens is 1. The molecule has 1 aliphatic carbocycles. The topological polar surface area (TPSA) is 59.4 Å². The predicted molar refractivity (Wildman–Crippen MR) is 149 cm³/mol. The molecule has 182 valence electrons. The van der Waals surface area contributed by atoms with Gasteiger partial charge in [-0.2, -0.15) is 0 Å². The summed E-state index contributed by atoms with van der Waals surface area (Å²) in [6, 6.07) is 24.6. The van der Waals surface area contributed by atoms with Crippen molar-refractivity contribution in [2.75, 3.05) is 7.11 Å². The van der Waals surface area contributed by atoms with Gasteiger partial charge in [-0.05, 0) is 60.7 Å². The number of hydrogen-bond donors (Lipinski definition) is 1. The number of fused-ring (bicyclic) bond motifs is 4. The molecule has 0 bridgehead atoms. The molecule has 0 saturated heterocycles. The summed E-state index contributed by atoms with van der Waals surface area (Å²) in [7, 11) is 1.68. The van der Waals surface area contributed by atoms with Crippen molar-refractivity contribution in [1.29, 1.82) is 0 Å². The molecule has 0 unspecified atom stereocenters. The fourth-order valence-electron chi connectivity index (χ4n) is 5.75. The molecule has 1 aliphatic heterocycles. The van der Waals surface area contributed by atoms with Gasteiger partial charge in [-0.25, -0.2) is 4.99 Å². The van der Waals surface area contributed by atoms with E-state index < -0.39 is 0 Å². The molecule has 3 heterocycles. The van der Waals surface area contributed by atoms with Gasteiger partial charge in [-0.3, -0.25) is 9.36 Å². The summed E-state index contributed by atoms with van der Waals surface area (Å²) >= 11 is 1.47. The Morgan fingerprint density at radius 2 is 1.89 bits per heavy atom. The lowest BCUT2D eigenvalue weighted by Gasteiger charge is -2.31. The number of allylic oxidation sites excluding steroid dienone is 1. The van der Waals surface area contributed by atoms with Crippen molar-refractivity contribution in [2.24, 2.45) is 4.99 Å². The average molecular weight is 504 g/mol. The van der Waals surface area contributed by atoms with E-state index in [1.54, 1.807) is 7.11 Å². The number of rotatable bonds is 3. The van der Waals surface area contributed by atoms with E-state index in [4.69, 9.17) is 9.73 Å². The summed E-state index contributed by atoms with van der Waals surface area (Å²) in [5, 5.41) is 1.11. The van der Waals surface area contributed by atoms with Crippen molar-refractivity contribution in [3.63, 3.8) is 0 Å². The van der Waals surface area contributed by atoms with Crippen LogP contribution in [0.3, 0.4) is 0 Å². The van der Waals surface area contributed by atoms with E-state index in [1.807, 2.05) is 41.0 Å². The van der Waals surface area contributed by atoms with Crippen LogP contribution in [0.25, 0.3) is 22.7 Å². The normalized spacial score (nSPS) is 16.8. The van der Waals surface area contributed by atoms with Gasteiger partial charge in [0.25, 0.3) is 5.56 Å². The van der Waals surface area contributed by atoms with E-state index in [1.165, 1.54) is 28.0 Å². The van der Waals surface area contributed by atoms with E-state index in [2.05, 4.69) is 54.4 Å². The standard InChI is InChI=1S/C31H25N3O2S/c1-18-25(23-12-5-6-13-26(23)32-18)17-27-30(35)34-29(20-9-7-10-21(16-20)36-2)24-15-14-19-8-3-4-11-22(19)28(24)33-31(34)37-27/h3-13,16-17,29,32H,14-15H2,1-2H3/b27-17+/t29-/m1/s1. The zero-order valence-corrected chi connectivity index (χ0v) is 21.4. The first-order valence-electron chi connectivity index (χ1n) is 12.5. The maximum Gasteiger partial charge on any atom is 0.271 e. The Labute approximate surface area is 217 Å². The highest BCUT2D eigenvalue weighted by Crippen LogP contribution is 2.41. The molecule has 0 saturated carbocycles. The minimum Gasteiger partial charge on any atom is -0.497 e. The Balaban J connectivity index is 1.51. The summed E-state index contributed by atoms with van der Waals surface area (Å²) in [6.45, 7) is 2.05. The fourth-order valence-corrected chi connectivity index (χ4v) is 6.73. The third-order valence-electron chi connectivity index (χ3n) is 7.50. The third-order valence-corrected chi connectivity index (χ3v) is 8.48. The molecule has 6 heteroatoms. The van der Waals surface area contributed by atoms with E-state index in [-0.39, 0.29) is 11.6 Å². The van der Waals surface area contributed by atoms with E-state index in [0.717, 1.165) is 56.8 Å². The number of benzene rings is 3. The zero-order chi connectivity index (χ0) is 25.1. The van der Waals surface area contributed by atoms with Gasteiger partial charge in [-0.15, -0.1) is 0 Å². The molecule has 0 radical (unpaired) electrons. The van der Waals surface area contributed by atoms with Gasteiger partial charge < -0.3 is 9.72 Å². The zero-order valence-electron chi connectivity index (χ0n) is 20.6. The quantitative estimate of drug-likeness (QED) is 0.372. The van der Waals surface area contributed by atoms with Crippen molar-refractivity contribution < 1.29 is 4.74 Å². The molecule has 3 aromatic carbocycles. The number of aromatic nitrogens is 2. The first-order valence-corrected chi connectivity index (χ1v) is 13.3. The van der Waals surface area contributed by atoms with Crippen molar-refractivity contribution >= 4 is 34.0 Å². The highest BCUT2D eigenvalue weighted by Gasteiger charge is 2.32. The van der Waals surface area contributed by atoms with Gasteiger partial charge in [-0.1, -0.05) is 65.9 Å². The molecule has 37 heavy (non-hydrogen) atoms. The van der Waals surface area contributed by atoms with Gasteiger partial charge in [0.05, 0.1) is 23.4 Å². The van der Waals surface area contributed by atoms with Crippen LogP contribution in [0.15, 0.2) is 88.2 Å². The molecule has 0 amide bonds. The number of nitrogens with zero attached hydrogens (tertiary/aromatic N) is 2. The lowest BCUT2D eigenvalue weighted by Crippen LogP contribution is -2.38. The molecule has 1 N–H and O–H groups in total. The molecule has 2 aromatic heterocycles. The summed E-state index contributed by atoms with van der Waals surface area (Å²) in [5.41, 5.74) is 8.87. The second kappa shape index (κ2) is 8.46. The van der Waals surface area contributed by atoms with Crippen LogP contribution in [0.5, 0.6) is 5.75 Å².